The predicted octanol–water partition coefficient (Wildman–Crippen LogP) is 3.03. The summed E-state index contributed by atoms with van der Waals surface area (Å²) in [5.74, 6) is 0.734. The van der Waals surface area contributed by atoms with E-state index in [-0.39, 0.29) is 0 Å². The zero-order valence-electron chi connectivity index (χ0n) is 19.7. The molecular weight excluding hydrogens is 451 g/mol. The second-order valence-electron chi connectivity index (χ2n) is 9.35. The van der Waals surface area contributed by atoms with Crippen LogP contribution in [0, 0.1) is 5.82 Å². The Kier molecular flexibility index (Phi) is 5.64. The highest BCUT2D eigenvalue weighted by Crippen LogP contribution is 2.29. The van der Waals surface area contributed by atoms with Crippen LogP contribution in [0.3, 0.4) is 0 Å². The summed E-state index contributed by atoms with van der Waals surface area (Å²) in [4.78, 5) is 19.3. The number of aliphatic hydroxyl groups is 1. The van der Waals surface area contributed by atoms with Gasteiger partial charge in [-0.3, -0.25) is 15.1 Å². The van der Waals surface area contributed by atoms with E-state index in [4.69, 9.17) is 0 Å². The number of aromatic nitrogens is 5. The van der Waals surface area contributed by atoms with Crippen LogP contribution in [0.15, 0.2) is 42.7 Å². The normalized spacial score (nSPS) is 14.6. The topological polar surface area (TPSA) is 124 Å². The fraction of sp³-hybridized carbons (Fsp3) is 0.333. The first kappa shape index (κ1) is 22.8. The number of fused-ring (bicyclic) bond motifs is 2. The number of aryl methyl sites for hydroxylation is 1. The number of hydrogen-bond acceptors (Lipinski definition) is 6. The van der Waals surface area contributed by atoms with Crippen LogP contribution >= 0.6 is 0 Å². The van der Waals surface area contributed by atoms with Gasteiger partial charge in [-0.1, -0.05) is 12.1 Å². The molecule has 1 aliphatic heterocycles. The van der Waals surface area contributed by atoms with Gasteiger partial charge in [-0.25, -0.2) is 14.2 Å². The van der Waals surface area contributed by atoms with Crippen LogP contribution in [0.4, 0.5) is 20.8 Å². The van der Waals surface area contributed by atoms with Crippen LogP contribution in [0.25, 0.3) is 10.9 Å². The number of urea groups is 1. The minimum absolute atomic E-state index is 0.326. The van der Waals surface area contributed by atoms with E-state index in [2.05, 4.69) is 35.8 Å². The molecule has 2 amide bonds. The van der Waals surface area contributed by atoms with Crippen molar-refractivity contribution in [2.75, 3.05) is 16.8 Å². The van der Waals surface area contributed by atoms with Gasteiger partial charge in [-0.05, 0) is 31.5 Å². The third kappa shape index (κ3) is 4.67. The highest BCUT2D eigenvalue weighted by molar-refractivity contribution is 5.94. The molecule has 35 heavy (non-hydrogen) atoms. The molecule has 10 nitrogen and oxygen atoms in total. The van der Waals surface area contributed by atoms with Gasteiger partial charge in [0.1, 0.15) is 11.6 Å². The monoisotopic (exact) mass is 478 g/mol. The molecule has 0 fully saturated rings. The number of nitrogens with one attached hydrogen (secondary N) is 3. The smallest absolute Gasteiger partial charge is 0.320 e. The molecular formula is C24H27FN8O2. The molecule has 1 unspecified atom stereocenters. The Balaban J connectivity index is 1.31. The summed E-state index contributed by atoms with van der Waals surface area (Å²) in [5.41, 5.74) is 2.33. The van der Waals surface area contributed by atoms with Gasteiger partial charge in [0.05, 0.1) is 28.2 Å². The molecule has 0 saturated carbocycles. The highest BCUT2D eigenvalue weighted by atomic mass is 19.1. The lowest BCUT2D eigenvalue weighted by molar-refractivity contribution is 0.0415. The van der Waals surface area contributed by atoms with Crippen molar-refractivity contribution in [3.05, 3.63) is 65.4 Å². The number of aromatic amines is 1. The van der Waals surface area contributed by atoms with Gasteiger partial charge in [0.2, 0.25) is 0 Å². The summed E-state index contributed by atoms with van der Waals surface area (Å²) in [5, 5.41) is 28.9. The van der Waals surface area contributed by atoms with E-state index >= 15 is 0 Å². The van der Waals surface area contributed by atoms with Gasteiger partial charge in [0.15, 0.2) is 5.82 Å². The van der Waals surface area contributed by atoms with Crippen LogP contribution in [0.1, 0.15) is 36.7 Å². The van der Waals surface area contributed by atoms with Crippen LogP contribution in [0.2, 0.25) is 0 Å². The minimum Gasteiger partial charge on any atom is -0.388 e. The van der Waals surface area contributed by atoms with Gasteiger partial charge in [0.25, 0.3) is 0 Å². The summed E-state index contributed by atoms with van der Waals surface area (Å²) in [7, 11) is 1.92. The molecule has 1 aromatic carbocycles. The quantitative estimate of drug-likeness (QED) is 0.350. The molecule has 0 saturated heterocycles. The Morgan fingerprint density at radius 2 is 2.06 bits per heavy atom. The van der Waals surface area contributed by atoms with Gasteiger partial charge in [-0.15, -0.1) is 0 Å². The highest BCUT2D eigenvalue weighted by Gasteiger charge is 2.30. The summed E-state index contributed by atoms with van der Waals surface area (Å²) in [6.07, 6.45) is 4.55. The Hall–Kier alpha value is -3.99. The second-order valence-corrected chi connectivity index (χ2v) is 9.35. The predicted molar refractivity (Wildman–Crippen MR) is 129 cm³/mol. The number of pyridine rings is 1. The van der Waals surface area contributed by atoms with E-state index in [0.29, 0.717) is 17.9 Å². The van der Waals surface area contributed by atoms with Crippen molar-refractivity contribution < 1.29 is 14.3 Å². The van der Waals surface area contributed by atoms with Crippen molar-refractivity contribution >= 4 is 28.6 Å². The number of nitrogens with zero attached hydrogens (tertiary/aromatic N) is 5. The lowest BCUT2D eigenvalue weighted by Gasteiger charge is -2.30. The van der Waals surface area contributed by atoms with Crippen molar-refractivity contribution in [1.82, 2.24) is 30.3 Å². The standard InChI is InChI=1S/C24H27FN8O2/c1-24(2,35)21(14-4-6-16(25)7-5-14)28-23(34)27-20-10-19-17(11-26-20)22(30-29-19)33-9-8-18-15(13-33)12-32(3)31-18/h4-7,10-12,21,35H,8-9,13H2,1-3H3,(H,29,30)(H2,26,27,28,34). The summed E-state index contributed by atoms with van der Waals surface area (Å²) in [6.45, 7) is 4.67. The summed E-state index contributed by atoms with van der Waals surface area (Å²) < 4.78 is 15.2. The molecule has 4 N–H and O–H groups in total. The van der Waals surface area contributed by atoms with E-state index in [9.17, 15) is 14.3 Å². The largest absolute Gasteiger partial charge is 0.388 e. The van der Waals surface area contributed by atoms with E-state index in [0.717, 1.165) is 35.4 Å². The van der Waals surface area contributed by atoms with Crippen molar-refractivity contribution in [1.29, 1.82) is 0 Å². The molecule has 182 valence electrons. The van der Waals surface area contributed by atoms with Crippen molar-refractivity contribution in [3.8, 4) is 0 Å². The molecule has 0 radical (unpaired) electrons. The van der Waals surface area contributed by atoms with E-state index in [1.54, 1.807) is 26.1 Å². The van der Waals surface area contributed by atoms with Crippen molar-refractivity contribution in [2.45, 2.75) is 38.5 Å². The number of halogens is 1. The molecule has 11 heteroatoms. The van der Waals surface area contributed by atoms with E-state index < -0.39 is 23.5 Å². The number of H-pyrrole nitrogens is 1. The molecule has 0 aliphatic carbocycles. The molecule has 1 atom stereocenters. The number of carbonyl (C=O) groups excluding carboxylic acids is 1. The maximum atomic E-state index is 13.3. The average molecular weight is 479 g/mol. The van der Waals surface area contributed by atoms with Gasteiger partial charge in [0, 0.05) is 50.6 Å². The number of anilines is 2. The zero-order chi connectivity index (χ0) is 24.7. The molecule has 0 bridgehead atoms. The summed E-state index contributed by atoms with van der Waals surface area (Å²) in [6, 6.07) is 6.04. The van der Waals surface area contributed by atoms with Crippen molar-refractivity contribution in [2.24, 2.45) is 7.05 Å². The number of amides is 2. The van der Waals surface area contributed by atoms with Gasteiger partial charge >= 0.3 is 6.03 Å². The lowest BCUT2D eigenvalue weighted by Crippen LogP contribution is -2.44. The molecule has 4 heterocycles. The first-order chi connectivity index (χ1) is 16.7. The SMILES string of the molecule is Cn1cc2c(n1)CCN(c1n[nH]c3cc(NC(=O)NC(c4ccc(F)cc4)C(C)(C)O)ncc13)C2. The second kappa shape index (κ2) is 8.66. The van der Waals surface area contributed by atoms with Crippen LogP contribution < -0.4 is 15.5 Å². The first-order valence-electron chi connectivity index (χ1n) is 11.3. The maximum absolute atomic E-state index is 13.3. The number of hydrogen-bond donors (Lipinski definition) is 4. The van der Waals surface area contributed by atoms with Crippen LogP contribution in [-0.2, 0) is 20.0 Å². The minimum atomic E-state index is -1.28. The van der Waals surface area contributed by atoms with E-state index in [1.807, 2.05) is 17.9 Å². The Morgan fingerprint density at radius 1 is 1.29 bits per heavy atom. The fourth-order valence-corrected chi connectivity index (χ4v) is 4.45. The zero-order valence-corrected chi connectivity index (χ0v) is 19.7. The van der Waals surface area contributed by atoms with Crippen LogP contribution in [0.5, 0.6) is 0 Å². The lowest BCUT2D eigenvalue weighted by atomic mass is 9.92. The van der Waals surface area contributed by atoms with Crippen LogP contribution in [-0.4, -0.2) is 48.2 Å². The molecule has 5 rings (SSSR count). The Bertz CT molecular complexity index is 1370. The molecule has 1 aliphatic rings. The molecule has 3 aromatic heterocycles. The Labute approximate surface area is 201 Å². The first-order valence-corrected chi connectivity index (χ1v) is 11.3. The average Bonchev–Trinajstić information content (AvgIpc) is 3.39. The Morgan fingerprint density at radius 3 is 2.80 bits per heavy atom. The summed E-state index contributed by atoms with van der Waals surface area (Å²) >= 11 is 0. The maximum Gasteiger partial charge on any atom is 0.320 e. The fourth-order valence-electron chi connectivity index (χ4n) is 4.45. The van der Waals surface area contributed by atoms with E-state index in [1.165, 1.54) is 29.8 Å². The molecule has 4 aromatic rings. The third-order valence-electron chi connectivity index (χ3n) is 6.12. The third-order valence-corrected chi connectivity index (χ3v) is 6.12. The van der Waals surface area contributed by atoms with Crippen molar-refractivity contribution in [3.63, 3.8) is 0 Å². The molecule has 0 spiro atoms. The number of benzene rings is 1. The van der Waals surface area contributed by atoms with Gasteiger partial charge < -0.3 is 15.3 Å². The number of rotatable bonds is 5. The van der Waals surface area contributed by atoms with Gasteiger partial charge in [-0.2, -0.15) is 10.2 Å². The number of carbonyl (C=O) groups is 1.